The van der Waals surface area contributed by atoms with E-state index < -0.39 is 29.6 Å². The highest BCUT2D eigenvalue weighted by Crippen LogP contribution is 2.27. The van der Waals surface area contributed by atoms with Gasteiger partial charge in [0.25, 0.3) is 11.8 Å². The molecule has 1 fully saturated rings. The molecule has 0 bridgehead atoms. The Morgan fingerprint density at radius 3 is 2.50 bits per heavy atom. The van der Waals surface area contributed by atoms with Gasteiger partial charge in [0.2, 0.25) is 11.0 Å². The molecule has 3 amide bonds. The van der Waals surface area contributed by atoms with Crippen LogP contribution in [0.2, 0.25) is 0 Å². The maximum absolute atomic E-state index is 13.5. The summed E-state index contributed by atoms with van der Waals surface area (Å²) in [4.78, 5) is 38.9. The van der Waals surface area contributed by atoms with Crippen molar-refractivity contribution < 1.29 is 23.5 Å². The number of hydrogen-bond acceptors (Lipinski definition) is 5. The first-order valence-electron chi connectivity index (χ1n) is 8.94. The Labute approximate surface area is 177 Å². The maximum Gasteiger partial charge on any atom is 0.269 e. The van der Waals surface area contributed by atoms with Crippen LogP contribution in [-0.4, -0.2) is 48.0 Å². The van der Waals surface area contributed by atoms with Crippen molar-refractivity contribution in [2.45, 2.75) is 12.5 Å². The van der Waals surface area contributed by atoms with Crippen LogP contribution in [0, 0.1) is 5.82 Å². The van der Waals surface area contributed by atoms with Gasteiger partial charge in [-0.15, -0.1) is 0 Å². The minimum absolute atomic E-state index is 0.0103. The van der Waals surface area contributed by atoms with Crippen LogP contribution >= 0.6 is 12.2 Å². The van der Waals surface area contributed by atoms with Crippen LogP contribution in [0.1, 0.15) is 16.8 Å². The number of hydrazine groups is 1. The zero-order valence-corrected chi connectivity index (χ0v) is 17.0. The number of methoxy groups -OCH3 is 1. The predicted octanol–water partition coefficient (Wildman–Crippen LogP) is 1.62. The average molecular weight is 430 g/mol. The molecule has 2 N–H and O–H groups in total. The van der Waals surface area contributed by atoms with Crippen LogP contribution in [0.3, 0.4) is 0 Å². The van der Waals surface area contributed by atoms with Gasteiger partial charge >= 0.3 is 0 Å². The van der Waals surface area contributed by atoms with Crippen molar-refractivity contribution >= 4 is 40.7 Å². The van der Waals surface area contributed by atoms with E-state index in [4.69, 9.17) is 17.0 Å². The maximum atomic E-state index is 13.5. The van der Waals surface area contributed by atoms with E-state index in [0.717, 1.165) is 11.1 Å². The molecule has 1 heterocycles. The number of carbonyl (C=O) groups excluding carboxylic acids is 3. The highest BCUT2D eigenvalue weighted by Gasteiger charge is 2.45. The zero-order chi connectivity index (χ0) is 21.8. The summed E-state index contributed by atoms with van der Waals surface area (Å²) in [6, 6.07) is 10.6. The van der Waals surface area contributed by atoms with Gasteiger partial charge in [-0.3, -0.25) is 24.7 Å². The van der Waals surface area contributed by atoms with Gasteiger partial charge in [-0.25, -0.2) is 9.40 Å². The third-order valence-electron chi connectivity index (χ3n) is 4.51. The molecule has 0 aromatic heterocycles. The van der Waals surface area contributed by atoms with E-state index in [0.29, 0.717) is 11.4 Å². The van der Waals surface area contributed by atoms with E-state index in [9.17, 15) is 18.8 Å². The molecule has 1 atom stereocenters. The van der Waals surface area contributed by atoms with E-state index in [2.05, 4.69) is 10.7 Å². The number of carbonyl (C=O) groups is 3. The minimum atomic E-state index is -1.06. The molecular weight excluding hydrogens is 411 g/mol. The summed E-state index contributed by atoms with van der Waals surface area (Å²) in [7, 11) is 2.96. The first kappa shape index (κ1) is 21.2. The largest absolute Gasteiger partial charge is 0.497 e. The van der Waals surface area contributed by atoms with Crippen molar-refractivity contribution in [1.29, 1.82) is 0 Å². The number of thiocarbonyl (C=S) groups is 1. The van der Waals surface area contributed by atoms with Gasteiger partial charge in [-0.05, 0) is 54.7 Å². The van der Waals surface area contributed by atoms with Crippen LogP contribution in [0.25, 0.3) is 0 Å². The zero-order valence-electron chi connectivity index (χ0n) is 16.2. The van der Waals surface area contributed by atoms with Crippen LogP contribution in [0.4, 0.5) is 10.1 Å². The molecule has 0 spiro atoms. The second-order valence-corrected chi connectivity index (χ2v) is 6.73. The van der Waals surface area contributed by atoms with Gasteiger partial charge in [-0.2, -0.15) is 0 Å². The fraction of sp³-hybridized carbons (Fsp3) is 0.200. The Hall–Kier alpha value is -3.53. The summed E-state index contributed by atoms with van der Waals surface area (Å²) >= 11 is 5.42. The molecule has 0 unspecified atom stereocenters. The van der Waals surface area contributed by atoms with Gasteiger partial charge in [0.15, 0.2) is 0 Å². The first-order valence-corrected chi connectivity index (χ1v) is 9.35. The summed E-state index contributed by atoms with van der Waals surface area (Å²) in [5, 5.41) is 3.60. The third kappa shape index (κ3) is 4.23. The van der Waals surface area contributed by atoms with Gasteiger partial charge < -0.3 is 10.1 Å². The Morgan fingerprint density at radius 2 is 1.90 bits per heavy atom. The number of halogens is 1. The van der Waals surface area contributed by atoms with Gasteiger partial charge in [0.05, 0.1) is 19.2 Å². The van der Waals surface area contributed by atoms with Crippen molar-refractivity contribution in [2.24, 2.45) is 0 Å². The Morgan fingerprint density at radius 1 is 1.20 bits per heavy atom. The molecule has 0 radical (unpaired) electrons. The second-order valence-electron chi connectivity index (χ2n) is 6.37. The number of rotatable bonds is 6. The number of amides is 3. The van der Waals surface area contributed by atoms with Gasteiger partial charge in [-0.1, -0.05) is 6.07 Å². The first-order chi connectivity index (χ1) is 14.3. The molecule has 0 aliphatic carbocycles. The van der Waals surface area contributed by atoms with Crippen molar-refractivity contribution in [3.63, 3.8) is 0 Å². The number of ether oxygens (including phenoxy) is 1. The summed E-state index contributed by atoms with van der Waals surface area (Å²) in [6.07, 6.45) is -0.231. The molecule has 30 heavy (non-hydrogen) atoms. The van der Waals surface area contributed by atoms with Crippen molar-refractivity contribution in [2.75, 3.05) is 19.1 Å². The van der Waals surface area contributed by atoms with Crippen LogP contribution < -0.4 is 20.4 Å². The SMILES string of the molecule is CNC(=O)C[C@@H]1C(=O)N(c2ccc(OC)cc2)C(=S)N1NC(=O)c1cccc(F)c1. The molecule has 1 aliphatic rings. The molecule has 10 heteroatoms. The van der Waals surface area contributed by atoms with Crippen LogP contribution in [0.15, 0.2) is 48.5 Å². The molecule has 1 aliphatic heterocycles. The lowest BCUT2D eigenvalue weighted by molar-refractivity contribution is -0.127. The fourth-order valence-corrected chi connectivity index (χ4v) is 3.32. The molecule has 1 saturated heterocycles. The van der Waals surface area contributed by atoms with Crippen molar-refractivity contribution in [3.8, 4) is 5.75 Å². The predicted molar refractivity (Wildman–Crippen MR) is 111 cm³/mol. The molecular formula is C20H19FN4O4S. The van der Waals surface area contributed by atoms with Gasteiger partial charge in [0, 0.05) is 12.6 Å². The summed E-state index contributed by atoms with van der Waals surface area (Å²) in [5.41, 5.74) is 3.03. The Balaban J connectivity index is 1.91. The molecule has 8 nitrogen and oxygen atoms in total. The summed E-state index contributed by atoms with van der Waals surface area (Å²) in [5.74, 6) is -1.53. The molecule has 156 valence electrons. The molecule has 3 rings (SSSR count). The van der Waals surface area contributed by atoms with E-state index in [-0.39, 0.29) is 17.1 Å². The molecule has 0 saturated carbocycles. The van der Waals surface area contributed by atoms with Crippen molar-refractivity contribution in [1.82, 2.24) is 15.8 Å². The van der Waals surface area contributed by atoms with Crippen LogP contribution in [0.5, 0.6) is 5.75 Å². The van der Waals surface area contributed by atoms with Crippen LogP contribution in [-0.2, 0) is 9.59 Å². The number of nitrogens with zero attached hydrogens (tertiary/aromatic N) is 2. The lowest BCUT2D eigenvalue weighted by Gasteiger charge is -2.24. The number of hydrogen-bond donors (Lipinski definition) is 2. The van der Waals surface area contributed by atoms with E-state index in [1.54, 1.807) is 24.3 Å². The average Bonchev–Trinajstić information content (AvgIpc) is 2.97. The smallest absolute Gasteiger partial charge is 0.269 e. The standard InChI is InChI=1S/C20H19FN4O4S/c1-22-17(26)11-16-19(28)24(14-6-8-15(29-2)9-7-14)20(30)25(16)23-18(27)12-4-3-5-13(21)10-12/h3-10,16H,11H2,1-2H3,(H,22,26)(H,23,27)/t16-/m1/s1. The highest BCUT2D eigenvalue weighted by molar-refractivity contribution is 7.80. The number of benzene rings is 2. The fourth-order valence-electron chi connectivity index (χ4n) is 2.95. The second kappa shape index (κ2) is 8.87. The molecule has 2 aromatic carbocycles. The number of anilines is 1. The monoisotopic (exact) mass is 430 g/mol. The van der Waals surface area contributed by atoms with Gasteiger partial charge in [0.1, 0.15) is 17.6 Å². The summed E-state index contributed by atoms with van der Waals surface area (Å²) in [6.45, 7) is 0. The summed E-state index contributed by atoms with van der Waals surface area (Å²) < 4.78 is 18.6. The van der Waals surface area contributed by atoms with Crippen molar-refractivity contribution in [3.05, 3.63) is 59.9 Å². The topological polar surface area (TPSA) is 91.0 Å². The third-order valence-corrected chi connectivity index (χ3v) is 4.89. The van der Waals surface area contributed by atoms with E-state index in [1.165, 1.54) is 37.3 Å². The molecule has 2 aromatic rings. The normalized spacial score (nSPS) is 15.9. The lowest BCUT2D eigenvalue weighted by Crippen LogP contribution is -2.50. The van der Waals surface area contributed by atoms with E-state index >= 15 is 0 Å². The lowest BCUT2D eigenvalue weighted by atomic mass is 10.1. The van der Waals surface area contributed by atoms with E-state index in [1.807, 2.05) is 0 Å². The quantitative estimate of drug-likeness (QED) is 0.677. The highest BCUT2D eigenvalue weighted by atomic mass is 32.1. The Bertz CT molecular complexity index is 999. The minimum Gasteiger partial charge on any atom is -0.497 e. The number of nitrogens with one attached hydrogen (secondary N) is 2. The Kier molecular flexibility index (Phi) is 6.26.